The fourth-order valence-corrected chi connectivity index (χ4v) is 1.10. The molecule has 1 aromatic heterocycles. The molecule has 0 unspecified atom stereocenters. The smallest absolute Gasteiger partial charge is 0.431 e. The average Bonchev–Trinajstić information content (AvgIpc) is 2.25. The molecule has 0 aliphatic rings. The molecule has 0 atom stereocenters. The third-order valence-electron chi connectivity index (χ3n) is 1.58. The van der Waals surface area contributed by atoms with Crippen LogP contribution in [0.1, 0.15) is 13.3 Å². The zero-order valence-corrected chi connectivity index (χ0v) is 9.38. The Balaban J connectivity index is 3.25. The summed E-state index contributed by atoms with van der Waals surface area (Å²) in [5.41, 5.74) is 0. The van der Waals surface area contributed by atoms with Crippen LogP contribution in [0.4, 0.5) is 11.6 Å². The van der Waals surface area contributed by atoms with E-state index in [4.69, 9.17) is 16.3 Å². The molecule has 0 aliphatic carbocycles. The Morgan fingerprint density at radius 1 is 1.24 bits per heavy atom. The molecule has 92 valence electrons. The van der Waals surface area contributed by atoms with E-state index in [1.54, 1.807) is 6.92 Å². The summed E-state index contributed by atoms with van der Waals surface area (Å²) in [5.74, 6) is -2.12. The maximum atomic E-state index is 10.6. The maximum absolute atomic E-state index is 10.6. The Kier molecular flexibility index (Phi) is 4.10. The molecule has 10 heteroatoms. The predicted molar refractivity (Wildman–Crippen MR) is 56.1 cm³/mol. The van der Waals surface area contributed by atoms with Crippen molar-refractivity contribution in [2.75, 3.05) is 6.61 Å². The monoisotopic (exact) mass is 262 g/mol. The SMILES string of the molecule is CCCOc1nc(Cl)c([N+](=O)[O-])nc1[N+](=O)[O-]. The maximum Gasteiger partial charge on any atom is 0.431 e. The highest BCUT2D eigenvalue weighted by Crippen LogP contribution is 2.29. The molecule has 0 saturated carbocycles. The van der Waals surface area contributed by atoms with Crippen LogP contribution in [0.3, 0.4) is 0 Å². The highest BCUT2D eigenvalue weighted by atomic mass is 35.5. The van der Waals surface area contributed by atoms with Crippen LogP contribution < -0.4 is 4.74 Å². The topological polar surface area (TPSA) is 121 Å². The Morgan fingerprint density at radius 2 is 1.82 bits per heavy atom. The zero-order valence-electron chi connectivity index (χ0n) is 8.62. The molecule has 1 heterocycles. The van der Waals surface area contributed by atoms with E-state index in [9.17, 15) is 20.2 Å². The van der Waals surface area contributed by atoms with Crippen LogP contribution in [0, 0.1) is 20.2 Å². The minimum absolute atomic E-state index is 0.170. The first-order valence-corrected chi connectivity index (χ1v) is 4.84. The van der Waals surface area contributed by atoms with Crippen LogP contribution in [-0.4, -0.2) is 26.4 Å². The van der Waals surface area contributed by atoms with Gasteiger partial charge in [-0.05, 0) is 16.3 Å². The number of hydrogen-bond donors (Lipinski definition) is 0. The lowest BCUT2D eigenvalue weighted by Gasteiger charge is -2.04. The van der Waals surface area contributed by atoms with Gasteiger partial charge < -0.3 is 25.0 Å². The molecule has 0 bridgehead atoms. The van der Waals surface area contributed by atoms with Gasteiger partial charge in [0.1, 0.15) is 0 Å². The van der Waals surface area contributed by atoms with E-state index in [0.29, 0.717) is 6.42 Å². The van der Waals surface area contributed by atoms with Crippen LogP contribution in [0.5, 0.6) is 5.88 Å². The van der Waals surface area contributed by atoms with E-state index < -0.39 is 32.5 Å². The molecule has 0 spiro atoms. The highest BCUT2D eigenvalue weighted by molar-refractivity contribution is 6.31. The van der Waals surface area contributed by atoms with Gasteiger partial charge in [-0.2, -0.15) is 4.98 Å². The van der Waals surface area contributed by atoms with Crippen molar-refractivity contribution < 1.29 is 14.6 Å². The summed E-state index contributed by atoms with van der Waals surface area (Å²) in [6.45, 7) is 1.95. The average molecular weight is 263 g/mol. The Labute approximate surface area is 99.7 Å². The van der Waals surface area contributed by atoms with Gasteiger partial charge in [0, 0.05) is 4.98 Å². The standard InChI is InChI=1S/C7H7ClN4O5/c1-2-3-17-7-6(12(15)16)10-5(11(13)14)4(8)9-7/h2-3H2,1H3. The normalized spacial score (nSPS) is 10.0. The molecule has 1 rings (SSSR count). The third-order valence-corrected chi connectivity index (χ3v) is 1.83. The molecule has 0 N–H and O–H groups in total. The molecule has 0 aromatic carbocycles. The number of rotatable bonds is 5. The minimum Gasteiger partial charge on any atom is -0.472 e. The molecule has 0 amide bonds. The molecule has 17 heavy (non-hydrogen) atoms. The first-order valence-electron chi connectivity index (χ1n) is 4.46. The predicted octanol–water partition coefficient (Wildman–Crippen LogP) is 1.74. The molecule has 9 nitrogen and oxygen atoms in total. The van der Waals surface area contributed by atoms with E-state index in [2.05, 4.69) is 9.97 Å². The molecule has 0 fully saturated rings. The first kappa shape index (κ1) is 13.0. The first-order chi connectivity index (χ1) is 7.97. The van der Waals surface area contributed by atoms with Crippen molar-refractivity contribution >= 4 is 23.2 Å². The summed E-state index contributed by atoms with van der Waals surface area (Å²) < 4.78 is 4.94. The minimum atomic E-state index is -0.952. The fourth-order valence-electron chi connectivity index (χ4n) is 0.914. The van der Waals surface area contributed by atoms with Gasteiger partial charge in [0.2, 0.25) is 5.15 Å². The molecule has 1 aromatic rings. The number of ether oxygens (including phenoxy) is 1. The van der Waals surface area contributed by atoms with E-state index in [1.807, 2.05) is 0 Å². The van der Waals surface area contributed by atoms with Gasteiger partial charge in [0.25, 0.3) is 0 Å². The van der Waals surface area contributed by atoms with Crippen molar-refractivity contribution in [3.8, 4) is 5.88 Å². The van der Waals surface area contributed by atoms with Crippen molar-refractivity contribution in [3.05, 3.63) is 25.4 Å². The molecule has 0 aliphatic heterocycles. The van der Waals surface area contributed by atoms with Gasteiger partial charge in [-0.3, -0.25) is 0 Å². The Bertz CT molecular complexity index is 466. The van der Waals surface area contributed by atoms with Gasteiger partial charge >= 0.3 is 17.5 Å². The summed E-state index contributed by atoms with van der Waals surface area (Å²) in [4.78, 5) is 25.9. The summed E-state index contributed by atoms with van der Waals surface area (Å²) >= 11 is 5.46. The highest BCUT2D eigenvalue weighted by Gasteiger charge is 2.28. The lowest BCUT2D eigenvalue weighted by atomic mass is 10.5. The van der Waals surface area contributed by atoms with Crippen LogP contribution >= 0.6 is 11.6 Å². The largest absolute Gasteiger partial charge is 0.472 e. The zero-order chi connectivity index (χ0) is 13.0. The number of halogens is 1. The van der Waals surface area contributed by atoms with Crippen molar-refractivity contribution in [3.63, 3.8) is 0 Å². The van der Waals surface area contributed by atoms with Crippen LogP contribution in [0.15, 0.2) is 0 Å². The second-order valence-corrected chi connectivity index (χ2v) is 3.19. The van der Waals surface area contributed by atoms with E-state index >= 15 is 0 Å². The number of nitro groups is 2. The van der Waals surface area contributed by atoms with Gasteiger partial charge in [-0.1, -0.05) is 18.5 Å². The number of hydrogen-bond acceptors (Lipinski definition) is 7. The van der Waals surface area contributed by atoms with Gasteiger partial charge in [-0.15, -0.1) is 0 Å². The second kappa shape index (κ2) is 5.34. The molecular formula is C7H7ClN4O5. The van der Waals surface area contributed by atoms with E-state index in [-0.39, 0.29) is 6.61 Å². The summed E-state index contributed by atoms with van der Waals surface area (Å²) in [5, 5.41) is 20.6. The quantitative estimate of drug-likeness (QED) is 0.585. The van der Waals surface area contributed by atoms with Crippen LogP contribution in [0.25, 0.3) is 0 Å². The van der Waals surface area contributed by atoms with Crippen molar-refractivity contribution in [2.24, 2.45) is 0 Å². The van der Waals surface area contributed by atoms with E-state index in [1.165, 1.54) is 0 Å². The number of nitrogens with zero attached hydrogens (tertiary/aromatic N) is 4. The fraction of sp³-hybridized carbons (Fsp3) is 0.429. The summed E-state index contributed by atoms with van der Waals surface area (Å²) in [6.07, 6.45) is 0.591. The molecule has 0 saturated heterocycles. The number of aromatic nitrogens is 2. The summed E-state index contributed by atoms with van der Waals surface area (Å²) in [6, 6.07) is 0. The van der Waals surface area contributed by atoms with Gasteiger partial charge in [-0.25, -0.2) is 0 Å². The van der Waals surface area contributed by atoms with E-state index in [0.717, 1.165) is 0 Å². The van der Waals surface area contributed by atoms with Crippen molar-refractivity contribution in [1.29, 1.82) is 0 Å². The summed E-state index contributed by atoms with van der Waals surface area (Å²) in [7, 11) is 0. The third kappa shape index (κ3) is 2.97. The van der Waals surface area contributed by atoms with Crippen LogP contribution in [0.2, 0.25) is 5.15 Å². The van der Waals surface area contributed by atoms with Gasteiger partial charge in [0.15, 0.2) is 0 Å². The lowest BCUT2D eigenvalue weighted by molar-refractivity contribution is -0.404. The van der Waals surface area contributed by atoms with Crippen LogP contribution in [-0.2, 0) is 0 Å². The second-order valence-electron chi connectivity index (χ2n) is 2.83. The van der Waals surface area contributed by atoms with Crippen molar-refractivity contribution in [1.82, 2.24) is 9.97 Å². The molecular weight excluding hydrogens is 256 g/mol. The molecule has 0 radical (unpaired) electrons. The van der Waals surface area contributed by atoms with Crippen molar-refractivity contribution in [2.45, 2.75) is 13.3 Å². The lowest BCUT2D eigenvalue weighted by Crippen LogP contribution is -2.06. The Morgan fingerprint density at radius 3 is 2.29 bits per heavy atom. The Hall–Kier alpha value is -2.03. The van der Waals surface area contributed by atoms with Gasteiger partial charge in [0.05, 0.1) is 6.61 Å².